The number of hydrogen-bond acceptors (Lipinski definition) is 2. The van der Waals surface area contributed by atoms with E-state index in [0.29, 0.717) is 11.5 Å². The van der Waals surface area contributed by atoms with Crippen molar-refractivity contribution >= 4 is 17.2 Å². The number of allylic oxidation sites excluding steroid dienone is 1. The maximum atomic E-state index is 9.53. The zero-order valence-corrected chi connectivity index (χ0v) is 9.27. The summed E-state index contributed by atoms with van der Waals surface area (Å²) >= 11 is 5.22. The van der Waals surface area contributed by atoms with Crippen LogP contribution in [0.3, 0.4) is 0 Å². The molecule has 74 valence electrons. The van der Waals surface area contributed by atoms with Crippen molar-refractivity contribution < 1.29 is 5.21 Å². The summed E-state index contributed by atoms with van der Waals surface area (Å²) in [5, 5.41) is 10.7. The van der Waals surface area contributed by atoms with E-state index >= 15 is 0 Å². The van der Waals surface area contributed by atoms with E-state index in [4.69, 9.17) is 12.2 Å². The van der Waals surface area contributed by atoms with E-state index in [1.54, 1.807) is 0 Å². The van der Waals surface area contributed by atoms with Crippen LogP contribution in [-0.4, -0.2) is 21.8 Å². The predicted molar refractivity (Wildman–Crippen MR) is 57.8 cm³/mol. The zero-order valence-electron chi connectivity index (χ0n) is 8.45. The van der Waals surface area contributed by atoms with Crippen LogP contribution in [-0.2, 0) is 0 Å². The van der Waals surface area contributed by atoms with Gasteiger partial charge in [0.2, 0.25) is 0 Å². The quantitative estimate of drug-likeness (QED) is 0.479. The molecule has 1 atom stereocenters. The molecule has 0 bridgehead atoms. The molecule has 13 heavy (non-hydrogen) atoms. The zero-order chi connectivity index (χ0) is 10.1. The molecular formula is C10H17NOS. The summed E-state index contributed by atoms with van der Waals surface area (Å²) in [6, 6.07) is 0. The Labute approximate surface area is 85.2 Å². The molecule has 0 amide bonds. The first-order valence-corrected chi connectivity index (χ1v) is 4.99. The highest BCUT2D eigenvalue weighted by atomic mass is 32.1. The van der Waals surface area contributed by atoms with Crippen molar-refractivity contribution in [2.24, 2.45) is 11.3 Å². The number of nitrogens with zero attached hydrogens (tertiary/aromatic N) is 1. The molecule has 1 aliphatic heterocycles. The number of hydroxylamine groups is 2. The highest BCUT2D eigenvalue weighted by molar-refractivity contribution is 7.80. The third kappa shape index (κ3) is 2.51. The Balaban J connectivity index is 2.83. The summed E-state index contributed by atoms with van der Waals surface area (Å²) in [5.41, 5.74) is 0.118. The van der Waals surface area contributed by atoms with E-state index in [-0.39, 0.29) is 11.3 Å². The topological polar surface area (TPSA) is 23.5 Å². The minimum absolute atomic E-state index is 0.118. The van der Waals surface area contributed by atoms with Crippen molar-refractivity contribution in [2.45, 2.75) is 27.2 Å². The summed E-state index contributed by atoms with van der Waals surface area (Å²) in [5.74, 6) is 0.256. The van der Waals surface area contributed by atoms with Crippen molar-refractivity contribution in [3.05, 3.63) is 12.2 Å². The fourth-order valence-electron chi connectivity index (χ4n) is 1.50. The molecule has 0 radical (unpaired) electrons. The summed E-state index contributed by atoms with van der Waals surface area (Å²) in [6.07, 6.45) is 4.98. The molecule has 0 saturated heterocycles. The summed E-state index contributed by atoms with van der Waals surface area (Å²) in [7, 11) is 0. The lowest BCUT2D eigenvalue weighted by Crippen LogP contribution is -2.36. The molecule has 3 heteroatoms. The minimum atomic E-state index is 0.118. The van der Waals surface area contributed by atoms with Crippen molar-refractivity contribution in [3.8, 4) is 0 Å². The Bertz CT molecular complexity index is 230. The molecule has 0 fully saturated rings. The lowest BCUT2D eigenvalue weighted by atomic mass is 9.79. The maximum Gasteiger partial charge on any atom is 0.108 e. The predicted octanol–water partition coefficient (Wildman–Crippen LogP) is 2.63. The molecule has 0 spiro atoms. The van der Waals surface area contributed by atoms with E-state index in [0.717, 1.165) is 6.42 Å². The van der Waals surface area contributed by atoms with E-state index in [9.17, 15) is 5.21 Å². The number of rotatable bonds is 0. The van der Waals surface area contributed by atoms with Crippen molar-refractivity contribution in [1.29, 1.82) is 0 Å². The third-order valence-electron chi connectivity index (χ3n) is 2.41. The van der Waals surface area contributed by atoms with Crippen LogP contribution in [0.5, 0.6) is 0 Å². The van der Waals surface area contributed by atoms with Gasteiger partial charge in [-0.2, -0.15) is 0 Å². The molecule has 0 aliphatic carbocycles. The summed E-state index contributed by atoms with van der Waals surface area (Å²) < 4.78 is 0. The molecule has 1 aliphatic rings. The van der Waals surface area contributed by atoms with Gasteiger partial charge in [0.25, 0.3) is 0 Å². The van der Waals surface area contributed by atoms with Gasteiger partial charge in [0.05, 0.1) is 6.54 Å². The van der Waals surface area contributed by atoms with Gasteiger partial charge in [0.15, 0.2) is 0 Å². The van der Waals surface area contributed by atoms with Gasteiger partial charge in [-0.05, 0) is 11.8 Å². The largest absolute Gasteiger partial charge is 0.288 e. The Morgan fingerprint density at radius 2 is 2.08 bits per heavy atom. The van der Waals surface area contributed by atoms with Crippen LogP contribution in [0, 0.1) is 11.3 Å². The molecule has 1 N–H and O–H groups in total. The van der Waals surface area contributed by atoms with E-state index in [1.165, 1.54) is 5.06 Å². The SMILES string of the molecule is CC(C)(C)C1CC=CCN(O)C1=S. The highest BCUT2D eigenvalue weighted by Crippen LogP contribution is 2.32. The smallest absolute Gasteiger partial charge is 0.108 e. The first-order chi connectivity index (χ1) is 5.93. The first kappa shape index (κ1) is 10.7. The molecule has 0 aromatic rings. The van der Waals surface area contributed by atoms with E-state index in [1.807, 2.05) is 6.08 Å². The summed E-state index contributed by atoms with van der Waals surface area (Å²) in [4.78, 5) is 0.664. The van der Waals surface area contributed by atoms with Gasteiger partial charge in [-0.1, -0.05) is 45.1 Å². The molecule has 1 heterocycles. The normalized spacial score (nSPS) is 24.8. The monoisotopic (exact) mass is 199 g/mol. The fraction of sp³-hybridized carbons (Fsp3) is 0.700. The molecular weight excluding hydrogens is 182 g/mol. The third-order valence-corrected chi connectivity index (χ3v) is 2.91. The molecule has 0 aromatic heterocycles. The van der Waals surface area contributed by atoms with Crippen LogP contribution in [0.1, 0.15) is 27.2 Å². The minimum Gasteiger partial charge on any atom is -0.288 e. The van der Waals surface area contributed by atoms with Crippen LogP contribution < -0.4 is 0 Å². The fourth-order valence-corrected chi connectivity index (χ4v) is 2.03. The molecule has 0 saturated carbocycles. The van der Waals surface area contributed by atoms with E-state index in [2.05, 4.69) is 26.8 Å². The highest BCUT2D eigenvalue weighted by Gasteiger charge is 2.30. The Hall–Kier alpha value is -0.410. The average Bonchev–Trinajstić information content (AvgIpc) is 2.14. The van der Waals surface area contributed by atoms with E-state index < -0.39 is 0 Å². The maximum absolute atomic E-state index is 9.53. The van der Waals surface area contributed by atoms with Crippen LogP contribution in [0.4, 0.5) is 0 Å². The number of thiocarbonyl (C=S) groups is 1. The Morgan fingerprint density at radius 1 is 1.46 bits per heavy atom. The molecule has 1 unspecified atom stereocenters. The first-order valence-electron chi connectivity index (χ1n) is 4.58. The molecule has 1 rings (SSSR count). The van der Waals surface area contributed by atoms with Gasteiger partial charge >= 0.3 is 0 Å². The van der Waals surface area contributed by atoms with Gasteiger partial charge in [-0.3, -0.25) is 5.21 Å². The molecule has 0 aromatic carbocycles. The van der Waals surface area contributed by atoms with Gasteiger partial charge in [-0.25, -0.2) is 5.06 Å². The van der Waals surface area contributed by atoms with Crippen molar-refractivity contribution in [2.75, 3.05) is 6.54 Å². The van der Waals surface area contributed by atoms with Crippen LogP contribution in [0.15, 0.2) is 12.2 Å². The van der Waals surface area contributed by atoms with Crippen molar-refractivity contribution in [3.63, 3.8) is 0 Å². The van der Waals surface area contributed by atoms with Gasteiger partial charge in [-0.15, -0.1) is 0 Å². The Morgan fingerprint density at radius 3 is 2.62 bits per heavy atom. The summed E-state index contributed by atoms with van der Waals surface area (Å²) in [6.45, 7) is 6.97. The number of hydrogen-bond donors (Lipinski definition) is 1. The van der Waals surface area contributed by atoms with Crippen LogP contribution in [0.2, 0.25) is 0 Å². The second-order valence-corrected chi connectivity index (χ2v) is 4.96. The van der Waals surface area contributed by atoms with Gasteiger partial charge < -0.3 is 0 Å². The second kappa shape index (κ2) is 3.76. The van der Waals surface area contributed by atoms with Gasteiger partial charge in [0.1, 0.15) is 4.99 Å². The molecule has 2 nitrogen and oxygen atoms in total. The van der Waals surface area contributed by atoms with Crippen molar-refractivity contribution in [1.82, 2.24) is 5.06 Å². The van der Waals surface area contributed by atoms with Crippen LogP contribution in [0.25, 0.3) is 0 Å². The lowest BCUT2D eigenvalue weighted by molar-refractivity contribution is -0.00753. The second-order valence-electron chi connectivity index (χ2n) is 4.55. The Kier molecular flexibility index (Phi) is 3.09. The standard InChI is InChI=1S/C10H17NOS/c1-10(2,3)8-6-4-5-7-11(12)9(8)13/h4-5,8,12H,6-7H2,1-3H3. The van der Waals surface area contributed by atoms with Crippen LogP contribution >= 0.6 is 12.2 Å². The lowest BCUT2D eigenvalue weighted by Gasteiger charge is -2.32. The van der Waals surface area contributed by atoms with Gasteiger partial charge in [0, 0.05) is 5.92 Å². The average molecular weight is 199 g/mol.